The second-order valence-electron chi connectivity index (χ2n) is 4.72. The van der Waals surface area contributed by atoms with Crippen LogP contribution in [0.2, 0.25) is 0 Å². The number of nitrogens with zero attached hydrogens (tertiary/aromatic N) is 2. The van der Waals surface area contributed by atoms with Gasteiger partial charge in [0.05, 0.1) is 13.7 Å². The molecule has 0 radical (unpaired) electrons. The summed E-state index contributed by atoms with van der Waals surface area (Å²) in [7, 11) is 3.23. The third kappa shape index (κ3) is 4.93. The van der Waals surface area contributed by atoms with E-state index in [-0.39, 0.29) is 11.6 Å². The van der Waals surface area contributed by atoms with Crippen LogP contribution in [-0.2, 0) is 11.3 Å². The summed E-state index contributed by atoms with van der Waals surface area (Å²) in [5, 5.41) is 13.7. The summed E-state index contributed by atoms with van der Waals surface area (Å²) in [5.74, 6) is 1.05. The summed E-state index contributed by atoms with van der Waals surface area (Å²) in [6, 6.07) is 10.9. The monoisotopic (exact) mass is 316 g/mol. The van der Waals surface area contributed by atoms with E-state index < -0.39 is 0 Å². The molecule has 122 valence electrons. The Morgan fingerprint density at radius 1 is 1.13 bits per heavy atom. The van der Waals surface area contributed by atoms with Gasteiger partial charge in [-0.05, 0) is 18.2 Å². The first kappa shape index (κ1) is 16.7. The summed E-state index contributed by atoms with van der Waals surface area (Å²) in [4.78, 5) is 12.1. The minimum absolute atomic E-state index is 0.261. The van der Waals surface area contributed by atoms with Crippen molar-refractivity contribution in [2.24, 2.45) is 0 Å². The molecular formula is C16H20N4O3. The Morgan fingerprint density at radius 2 is 1.96 bits per heavy atom. The number of hydrogen-bond donors (Lipinski definition) is 2. The van der Waals surface area contributed by atoms with Gasteiger partial charge in [-0.25, -0.2) is 0 Å². The van der Waals surface area contributed by atoms with Gasteiger partial charge in [0.25, 0.3) is 5.91 Å². The molecule has 2 aromatic rings. The molecule has 2 N–H and O–H groups in total. The molecule has 0 fully saturated rings. The molecule has 1 aromatic carbocycles. The van der Waals surface area contributed by atoms with Crippen LogP contribution in [0.5, 0.6) is 5.75 Å². The zero-order chi connectivity index (χ0) is 16.5. The molecule has 0 saturated carbocycles. The number of benzene rings is 1. The second-order valence-corrected chi connectivity index (χ2v) is 4.72. The van der Waals surface area contributed by atoms with Crippen molar-refractivity contribution in [3.8, 4) is 5.75 Å². The summed E-state index contributed by atoms with van der Waals surface area (Å²) >= 11 is 0. The number of anilines is 1. The number of amides is 1. The standard InChI is InChI=1S/C16H20N4O3/c1-22-10-9-17-15-8-7-13(19-20-15)16(21)18-11-12-5-3-4-6-14(12)23-2/h3-8H,9-11H2,1-2H3,(H,17,20)(H,18,21). The maximum atomic E-state index is 12.1. The molecule has 23 heavy (non-hydrogen) atoms. The van der Waals surface area contributed by atoms with E-state index >= 15 is 0 Å². The third-order valence-corrected chi connectivity index (χ3v) is 3.14. The van der Waals surface area contributed by atoms with Crippen molar-refractivity contribution in [2.45, 2.75) is 6.54 Å². The zero-order valence-corrected chi connectivity index (χ0v) is 13.2. The number of hydrogen-bond acceptors (Lipinski definition) is 6. The van der Waals surface area contributed by atoms with Crippen LogP contribution in [0.15, 0.2) is 36.4 Å². The molecule has 1 aromatic heterocycles. The zero-order valence-electron chi connectivity index (χ0n) is 13.2. The van der Waals surface area contributed by atoms with Crippen molar-refractivity contribution >= 4 is 11.7 Å². The van der Waals surface area contributed by atoms with Crippen molar-refractivity contribution in [3.63, 3.8) is 0 Å². The highest BCUT2D eigenvalue weighted by Gasteiger charge is 2.09. The van der Waals surface area contributed by atoms with Gasteiger partial charge in [0.15, 0.2) is 5.69 Å². The third-order valence-electron chi connectivity index (χ3n) is 3.14. The van der Waals surface area contributed by atoms with E-state index in [0.717, 1.165) is 11.3 Å². The average Bonchev–Trinajstić information content (AvgIpc) is 2.60. The average molecular weight is 316 g/mol. The van der Waals surface area contributed by atoms with Crippen molar-refractivity contribution < 1.29 is 14.3 Å². The predicted molar refractivity (Wildman–Crippen MR) is 86.6 cm³/mol. The van der Waals surface area contributed by atoms with Crippen LogP contribution in [0, 0.1) is 0 Å². The fraction of sp³-hybridized carbons (Fsp3) is 0.312. The van der Waals surface area contributed by atoms with Gasteiger partial charge in [0.1, 0.15) is 11.6 Å². The second kappa shape index (κ2) is 8.70. The molecular weight excluding hydrogens is 296 g/mol. The summed E-state index contributed by atoms with van der Waals surface area (Å²) < 4.78 is 10.2. The van der Waals surface area contributed by atoms with E-state index in [9.17, 15) is 4.79 Å². The highest BCUT2D eigenvalue weighted by atomic mass is 16.5. The maximum absolute atomic E-state index is 12.1. The highest BCUT2D eigenvalue weighted by molar-refractivity contribution is 5.92. The van der Waals surface area contributed by atoms with Gasteiger partial charge in [0.2, 0.25) is 0 Å². The van der Waals surface area contributed by atoms with Gasteiger partial charge in [-0.3, -0.25) is 4.79 Å². The highest BCUT2D eigenvalue weighted by Crippen LogP contribution is 2.16. The molecule has 7 heteroatoms. The van der Waals surface area contributed by atoms with Gasteiger partial charge in [-0.2, -0.15) is 0 Å². The molecule has 0 aliphatic heterocycles. The first-order chi connectivity index (χ1) is 11.2. The normalized spacial score (nSPS) is 10.2. The molecule has 0 atom stereocenters. The van der Waals surface area contributed by atoms with Gasteiger partial charge < -0.3 is 20.1 Å². The molecule has 0 unspecified atom stereocenters. The Hall–Kier alpha value is -2.67. The maximum Gasteiger partial charge on any atom is 0.272 e. The number of nitrogens with one attached hydrogen (secondary N) is 2. The van der Waals surface area contributed by atoms with E-state index in [1.807, 2.05) is 24.3 Å². The van der Waals surface area contributed by atoms with Crippen molar-refractivity contribution in [1.29, 1.82) is 0 Å². The van der Waals surface area contributed by atoms with Crippen LogP contribution < -0.4 is 15.4 Å². The molecule has 7 nitrogen and oxygen atoms in total. The Kier molecular flexibility index (Phi) is 6.31. The van der Waals surface area contributed by atoms with E-state index in [0.29, 0.717) is 25.5 Å². The van der Waals surface area contributed by atoms with Crippen LogP contribution in [-0.4, -0.2) is 43.5 Å². The molecule has 0 bridgehead atoms. The Morgan fingerprint density at radius 3 is 2.65 bits per heavy atom. The van der Waals surface area contributed by atoms with Gasteiger partial charge >= 0.3 is 0 Å². The number of ether oxygens (including phenoxy) is 2. The van der Waals surface area contributed by atoms with E-state index in [2.05, 4.69) is 20.8 Å². The van der Waals surface area contributed by atoms with Crippen molar-refractivity contribution in [3.05, 3.63) is 47.7 Å². The Balaban J connectivity index is 1.90. The number of carbonyl (C=O) groups is 1. The lowest BCUT2D eigenvalue weighted by atomic mass is 10.2. The van der Waals surface area contributed by atoms with Crippen LogP contribution in [0.25, 0.3) is 0 Å². The Labute approximate surface area is 135 Å². The molecule has 1 heterocycles. The van der Waals surface area contributed by atoms with Crippen LogP contribution >= 0.6 is 0 Å². The number of rotatable bonds is 8. The smallest absolute Gasteiger partial charge is 0.272 e. The molecule has 0 aliphatic carbocycles. The van der Waals surface area contributed by atoms with Gasteiger partial charge in [0, 0.05) is 25.8 Å². The number of carbonyl (C=O) groups excluding carboxylic acids is 1. The summed E-state index contributed by atoms with van der Waals surface area (Å²) in [5.41, 5.74) is 1.16. The fourth-order valence-electron chi connectivity index (χ4n) is 1.94. The van der Waals surface area contributed by atoms with E-state index in [1.54, 1.807) is 26.4 Å². The first-order valence-corrected chi connectivity index (χ1v) is 7.21. The Bertz CT molecular complexity index is 631. The number of para-hydroxylation sites is 1. The van der Waals surface area contributed by atoms with Crippen molar-refractivity contribution in [2.75, 3.05) is 32.7 Å². The first-order valence-electron chi connectivity index (χ1n) is 7.21. The largest absolute Gasteiger partial charge is 0.496 e. The van der Waals surface area contributed by atoms with E-state index in [4.69, 9.17) is 9.47 Å². The van der Waals surface area contributed by atoms with Crippen LogP contribution in [0.1, 0.15) is 16.1 Å². The molecule has 0 saturated heterocycles. The molecule has 0 aliphatic rings. The quantitative estimate of drug-likeness (QED) is 0.718. The lowest BCUT2D eigenvalue weighted by Crippen LogP contribution is -2.24. The number of aromatic nitrogens is 2. The SMILES string of the molecule is COCCNc1ccc(C(=O)NCc2ccccc2OC)nn1. The van der Waals surface area contributed by atoms with Crippen LogP contribution in [0.4, 0.5) is 5.82 Å². The van der Waals surface area contributed by atoms with Crippen LogP contribution in [0.3, 0.4) is 0 Å². The predicted octanol–water partition coefficient (Wildman–Crippen LogP) is 1.47. The van der Waals surface area contributed by atoms with Gasteiger partial charge in [-0.1, -0.05) is 18.2 Å². The lowest BCUT2D eigenvalue weighted by Gasteiger charge is -2.09. The molecule has 0 spiro atoms. The topological polar surface area (TPSA) is 85.4 Å². The summed E-state index contributed by atoms with van der Waals surface area (Å²) in [6.07, 6.45) is 0. The van der Waals surface area contributed by atoms with Gasteiger partial charge in [-0.15, -0.1) is 10.2 Å². The van der Waals surface area contributed by atoms with E-state index in [1.165, 1.54) is 0 Å². The minimum atomic E-state index is -0.285. The molecule has 2 rings (SSSR count). The lowest BCUT2D eigenvalue weighted by molar-refractivity contribution is 0.0944. The molecule has 1 amide bonds. The fourth-order valence-corrected chi connectivity index (χ4v) is 1.94. The summed E-state index contributed by atoms with van der Waals surface area (Å²) in [6.45, 7) is 1.56. The number of methoxy groups -OCH3 is 2. The van der Waals surface area contributed by atoms with Crippen molar-refractivity contribution in [1.82, 2.24) is 15.5 Å². The minimum Gasteiger partial charge on any atom is -0.496 e.